The summed E-state index contributed by atoms with van der Waals surface area (Å²) in [6.07, 6.45) is 2.97. The van der Waals surface area contributed by atoms with Crippen molar-refractivity contribution in [3.05, 3.63) is 64.2 Å². The third kappa shape index (κ3) is 4.67. The number of nitrogens with one attached hydrogen (secondary N) is 1. The maximum Gasteiger partial charge on any atom is 0.248 e. The molecule has 3 N–H and O–H groups in total. The number of nitrogens with two attached hydrogens (primary N) is 1. The topological polar surface area (TPSA) is 89.3 Å². The van der Waals surface area contributed by atoms with Crippen LogP contribution < -0.4 is 10.5 Å². The molecule has 0 radical (unpaired) electrons. The Hall–Kier alpha value is -2.15. The van der Waals surface area contributed by atoms with Gasteiger partial charge < -0.3 is 5.32 Å². The summed E-state index contributed by atoms with van der Waals surface area (Å²) in [7, 11) is -3.84. The first kappa shape index (κ1) is 18.2. The highest BCUT2D eigenvalue weighted by Crippen LogP contribution is 2.20. The fraction of sp³-hybridized carbons (Fsp3) is 0.118. The van der Waals surface area contributed by atoms with Gasteiger partial charge >= 0.3 is 0 Å². The average Bonchev–Trinajstić information content (AvgIpc) is 2.49. The molecule has 0 heterocycles. The number of hydrogen-bond donors (Lipinski definition) is 2. The van der Waals surface area contributed by atoms with Crippen LogP contribution in [0.3, 0.4) is 0 Å². The summed E-state index contributed by atoms with van der Waals surface area (Å²) in [6.45, 7) is 3.52. The van der Waals surface area contributed by atoms with E-state index in [0.29, 0.717) is 16.3 Å². The number of carbonyl (C=O) groups is 1. The van der Waals surface area contributed by atoms with Gasteiger partial charge in [0.15, 0.2) is 0 Å². The molecule has 0 bridgehead atoms. The van der Waals surface area contributed by atoms with E-state index in [-0.39, 0.29) is 4.90 Å². The van der Waals surface area contributed by atoms with Gasteiger partial charge in [-0.2, -0.15) is 0 Å². The van der Waals surface area contributed by atoms with E-state index in [1.807, 2.05) is 19.1 Å². The lowest BCUT2D eigenvalue weighted by molar-refractivity contribution is -0.111. The quantitative estimate of drug-likeness (QED) is 0.816. The lowest BCUT2D eigenvalue weighted by Crippen LogP contribution is -2.15. The first-order valence-electron chi connectivity index (χ1n) is 7.05. The lowest BCUT2D eigenvalue weighted by Gasteiger charge is -2.07. The van der Waals surface area contributed by atoms with E-state index < -0.39 is 15.9 Å². The van der Waals surface area contributed by atoms with Gasteiger partial charge in [-0.25, -0.2) is 13.6 Å². The minimum absolute atomic E-state index is 0.0189. The summed E-state index contributed by atoms with van der Waals surface area (Å²) in [5.41, 5.74) is 2.60. The molecule has 0 aromatic heterocycles. The molecule has 24 heavy (non-hydrogen) atoms. The van der Waals surface area contributed by atoms with Crippen LogP contribution in [0.2, 0.25) is 5.02 Å². The van der Waals surface area contributed by atoms with Crippen LogP contribution in [0.25, 0.3) is 6.08 Å². The molecule has 0 aliphatic rings. The summed E-state index contributed by atoms with van der Waals surface area (Å²) >= 11 is 6.03. The third-order valence-electron chi connectivity index (χ3n) is 3.39. The summed E-state index contributed by atoms with van der Waals surface area (Å²) in [6, 6.07) is 9.98. The molecule has 2 rings (SSSR count). The van der Waals surface area contributed by atoms with Crippen LogP contribution in [0.15, 0.2) is 47.4 Å². The lowest BCUT2D eigenvalue weighted by atomic mass is 10.1. The van der Waals surface area contributed by atoms with Crippen molar-refractivity contribution < 1.29 is 13.2 Å². The molecule has 1 amide bonds. The number of amides is 1. The Morgan fingerprint density at radius 2 is 1.79 bits per heavy atom. The molecule has 7 heteroatoms. The Kier molecular flexibility index (Phi) is 5.43. The molecule has 0 aliphatic carbocycles. The van der Waals surface area contributed by atoms with E-state index in [9.17, 15) is 13.2 Å². The zero-order valence-corrected chi connectivity index (χ0v) is 14.8. The van der Waals surface area contributed by atoms with Gasteiger partial charge in [0.25, 0.3) is 0 Å². The number of halogens is 1. The maximum absolute atomic E-state index is 12.0. The molecule has 5 nitrogen and oxygen atoms in total. The number of sulfonamides is 1. The van der Waals surface area contributed by atoms with Crippen LogP contribution in [0.1, 0.15) is 16.7 Å². The van der Waals surface area contributed by atoms with Crippen LogP contribution in [0.5, 0.6) is 0 Å². The van der Waals surface area contributed by atoms with Crippen molar-refractivity contribution in [1.29, 1.82) is 0 Å². The normalized spacial score (nSPS) is 11.7. The van der Waals surface area contributed by atoms with E-state index in [4.69, 9.17) is 16.7 Å². The minimum Gasteiger partial charge on any atom is -0.322 e. The highest BCUT2D eigenvalue weighted by Gasteiger charge is 2.12. The van der Waals surface area contributed by atoms with Crippen molar-refractivity contribution in [2.45, 2.75) is 18.7 Å². The Morgan fingerprint density at radius 1 is 1.12 bits per heavy atom. The van der Waals surface area contributed by atoms with E-state index in [2.05, 4.69) is 5.32 Å². The standard InChI is InChI=1S/C17H17ClN2O3S/c1-11-3-5-13(9-15(11)18)6-8-17(21)20-14-7-4-12(2)16(10-14)24(19,22)23/h3-10H,1-2H3,(H,20,21)(H2,19,22,23)/b8-6+. The van der Waals surface area contributed by atoms with E-state index in [1.54, 1.807) is 31.2 Å². The molecular formula is C17H17ClN2O3S. The number of aryl methyl sites for hydroxylation is 2. The predicted octanol–water partition coefficient (Wildman–Crippen LogP) is 3.26. The number of benzene rings is 2. The second-order valence-electron chi connectivity index (χ2n) is 5.36. The molecule has 2 aromatic carbocycles. The molecule has 0 aliphatic heterocycles. The summed E-state index contributed by atoms with van der Waals surface area (Å²) < 4.78 is 23.0. The second-order valence-corrected chi connectivity index (χ2v) is 7.29. The van der Waals surface area contributed by atoms with Gasteiger partial charge in [0.1, 0.15) is 0 Å². The molecule has 126 valence electrons. The Labute approximate surface area is 146 Å². The fourth-order valence-electron chi connectivity index (χ4n) is 2.05. The zero-order chi connectivity index (χ0) is 17.9. The number of carbonyl (C=O) groups excluding carboxylic acids is 1. The Morgan fingerprint density at radius 3 is 2.42 bits per heavy atom. The largest absolute Gasteiger partial charge is 0.322 e. The molecule has 2 aromatic rings. The predicted molar refractivity (Wildman–Crippen MR) is 96.4 cm³/mol. The highest BCUT2D eigenvalue weighted by molar-refractivity contribution is 7.89. The van der Waals surface area contributed by atoms with E-state index >= 15 is 0 Å². The number of rotatable bonds is 4. The van der Waals surface area contributed by atoms with Crippen molar-refractivity contribution in [1.82, 2.24) is 0 Å². The molecule has 0 saturated heterocycles. The van der Waals surface area contributed by atoms with Gasteiger partial charge in [-0.15, -0.1) is 0 Å². The van der Waals surface area contributed by atoms with Gasteiger partial charge in [0, 0.05) is 16.8 Å². The maximum atomic E-state index is 12.0. The SMILES string of the molecule is Cc1ccc(/C=C/C(=O)Nc2ccc(C)c(S(N)(=O)=O)c2)cc1Cl. The molecule has 0 fully saturated rings. The van der Waals surface area contributed by atoms with Crippen molar-refractivity contribution >= 4 is 39.3 Å². The summed E-state index contributed by atoms with van der Waals surface area (Å²) in [4.78, 5) is 12.0. The second kappa shape index (κ2) is 7.17. The smallest absolute Gasteiger partial charge is 0.248 e. The first-order chi connectivity index (χ1) is 11.2. The van der Waals surface area contributed by atoms with Crippen LogP contribution >= 0.6 is 11.6 Å². The minimum atomic E-state index is -3.84. The van der Waals surface area contributed by atoms with Crippen molar-refractivity contribution in [2.75, 3.05) is 5.32 Å². The molecule has 0 atom stereocenters. The van der Waals surface area contributed by atoms with Gasteiger partial charge in [-0.3, -0.25) is 4.79 Å². The Bertz CT molecular complexity index is 921. The van der Waals surface area contributed by atoms with Gasteiger partial charge in [0.2, 0.25) is 15.9 Å². The first-order valence-corrected chi connectivity index (χ1v) is 8.98. The van der Waals surface area contributed by atoms with Crippen molar-refractivity contribution in [3.63, 3.8) is 0 Å². The van der Waals surface area contributed by atoms with Crippen LogP contribution in [0.4, 0.5) is 5.69 Å². The number of primary sulfonamides is 1. The van der Waals surface area contributed by atoms with Gasteiger partial charge in [0.05, 0.1) is 4.90 Å². The zero-order valence-electron chi connectivity index (χ0n) is 13.2. The number of anilines is 1. The van der Waals surface area contributed by atoms with Crippen LogP contribution in [0, 0.1) is 13.8 Å². The highest BCUT2D eigenvalue weighted by atomic mass is 35.5. The van der Waals surface area contributed by atoms with Crippen LogP contribution in [-0.4, -0.2) is 14.3 Å². The molecular weight excluding hydrogens is 348 g/mol. The van der Waals surface area contributed by atoms with Crippen molar-refractivity contribution in [2.24, 2.45) is 5.14 Å². The average molecular weight is 365 g/mol. The van der Waals surface area contributed by atoms with E-state index in [1.165, 1.54) is 12.1 Å². The fourth-order valence-corrected chi connectivity index (χ4v) is 3.05. The van der Waals surface area contributed by atoms with Gasteiger partial charge in [-0.05, 0) is 54.8 Å². The molecule has 0 unspecified atom stereocenters. The summed E-state index contributed by atoms with van der Waals surface area (Å²) in [5.74, 6) is -0.393. The molecule has 0 spiro atoms. The third-order valence-corrected chi connectivity index (χ3v) is 4.85. The molecule has 0 saturated carbocycles. The number of hydrogen-bond acceptors (Lipinski definition) is 3. The Balaban J connectivity index is 2.15. The van der Waals surface area contributed by atoms with Crippen molar-refractivity contribution in [3.8, 4) is 0 Å². The monoisotopic (exact) mass is 364 g/mol. The summed E-state index contributed by atoms with van der Waals surface area (Å²) in [5, 5.41) is 8.37. The van der Waals surface area contributed by atoms with Crippen LogP contribution in [-0.2, 0) is 14.8 Å². The van der Waals surface area contributed by atoms with E-state index in [0.717, 1.165) is 11.1 Å². The van der Waals surface area contributed by atoms with Gasteiger partial charge in [-0.1, -0.05) is 29.8 Å².